The molecule has 3 aromatic rings. The Labute approximate surface area is 155 Å². The minimum Gasteiger partial charge on any atom is -0.492 e. The van der Waals surface area contributed by atoms with Crippen LogP contribution in [-0.2, 0) is 4.79 Å². The standard InChI is InChI=1S/C19H18ClN3O3/c1-2-26-16-10-12(3-6-15(16)20)17(19(24)25)23-13-4-5-14-11(9-13)7-8-22-18(14)21/h3-10,17,23H,2H2,1H3,(H2,21,22)(H,24,25). The third kappa shape index (κ3) is 3.65. The highest BCUT2D eigenvalue weighted by atomic mass is 35.5. The lowest BCUT2D eigenvalue weighted by Crippen LogP contribution is -2.20. The summed E-state index contributed by atoms with van der Waals surface area (Å²) in [5.74, 6) is -0.121. The van der Waals surface area contributed by atoms with Crippen LogP contribution in [0.25, 0.3) is 10.8 Å². The summed E-state index contributed by atoms with van der Waals surface area (Å²) >= 11 is 6.09. The van der Waals surface area contributed by atoms with Crippen LogP contribution in [0.2, 0.25) is 5.02 Å². The lowest BCUT2D eigenvalue weighted by molar-refractivity contribution is -0.138. The number of nitrogens with zero attached hydrogens (tertiary/aromatic N) is 1. The van der Waals surface area contributed by atoms with Crippen LogP contribution in [0.5, 0.6) is 5.75 Å². The van der Waals surface area contributed by atoms with Crippen molar-refractivity contribution in [3.63, 3.8) is 0 Å². The summed E-state index contributed by atoms with van der Waals surface area (Å²) < 4.78 is 5.45. The first-order valence-electron chi connectivity index (χ1n) is 8.05. The molecule has 1 aromatic heterocycles. The normalized spacial score (nSPS) is 11.9. The molecule has 0 aliphatic rings. The van der Waals surface area contributed by atoms with Gasteiger partial charge in [0.05, 0.1) is 11.6 Å². The molecule has 1 heterocycles. The second kappa shape index (κ2) is 7.49. The number of aliphatic carboxylic acids is 1. The van der Waals surface area contributed by atoms with Crippen molar-refractivity contribution < 1.29 is 14.6 Å². The van der Waals surface area contributed by atoms with Gasteiger partial charge in [-0.1, -0.05) is 17.7 Å². The SMILES string of the molecule is CCOc1cc(C(Nc2ccc3c(N)nccc3c2)C(=O)O)ccc1Cl. The average Bonchev–Trinajstić information content (AvgIpc) is 2.62. The first-order chi connectivity index (χ1) is 12.5. The van der Waals surface area contributed by atoms with Crippen LogP contribution >= 0.6 is 11.6 Å². The van der Waals surface area contributed by atoms with Crippen molar-refractivity contribution in [3.05, 3.63) is 59.2 Å². The largest absolute Gasteiger partial charge is 0.492 e. The van der Waals surface area contributed by atoms with Gasteiger partial charge >= 0.3 is 5.97 Å². The highest BCUT2D eigenvalue weighted by Gasteiger charge is 2.21. The van der Waals surface area contributed by atoms with Crippen LogP contribution in [0.4, 0.5) is 11.5 Å². The van der Waals surface area contributed by atoms with Crippen molar-refractivity contribution in [1.29, 1.82) is 0 Å². The second-order valence-electron chi connectivity index (χ2n) is 5.67. The molecule has 26 heavy (non-hydrogen) atoms. The number of aromatic nitrogens is 1. The van der Waals surface area contributed by atoms with Crippen LogP contribution in [-0.4, -0.2) is 22.7 Å². The van der Waals surface area contributed by atoms with Gasteiger partial charge in [0.2, 0.25) is 0 Å². The number of rotatable bonds is 6. The number of pyridine rings is 1. The summed E-state index contributed by atoms with van der Waals surface area (Å²) in [6.07, 6.45) is 1.61. The van der Waals surface area contributed by atoms with E-state index in [1.165, 1.54) is 0 Å². The smallest absolute Gasteiger partial charge is 0.330 e. The molecule has 0 saturated carbocycles. The lowest BCUT2D eigenvalue weighted by Gasteiger charge is -2.18. The topological polar surface area (TPSA) is 97.5 Å². The minimum absolute atomic E-state index is 0.433. The molecule has 7 heteroatoms. The monoisotopic (exact) mass is 371 g/mol. The van der Waals surface area contributed by atoms with Gasteiger partial charge in [0.1, 0.15) is 11.6 Å². The number of benzene rings is 2. The molecule has 134 valence electrons. The summed E-state index contributed by atoms with van der Waals surface area (Å²) in [6, 6.07) is 11.2. The van der Waals surface area contributed by atoms with Crippen LogP contribution < -0.4 is 15.8 Å². The number of nitrogen functional groups attached to an aromatic ring is 1. The van der Waals surface area contributed by atoms with Gasteiger partial charge in [-0.05, 0) is 54.3 Å². The molecule has 0 aliphatic carbocycles. The third-order valence-electron chi connectivity index (χ3n) is 3.94. The predicted octanol–water partition coefficient (Wildman–Crippen LogP) is 4.11. The van der Waals surface area contributed by atoms with Gasteiger partial charge in [0.25, 0.3) is 0 Å². The Balaban J connectivity index is 1.94. The first-order valence-corrected chi connectivity index (χ1v) is 8.43. The van der Waals surface area contributed by atoms with Crippen molar-refractivity contribution in [2.24, 2.45) is 0 Å². The highest BCUT2D eigenvalue weighted by Crippen LogP contribution is 2.31. The summed E-state index contributed by atoms with van der Waals surface area (Å²) in [4.78, 5) is 15.9. The number of fused-ring (bicyclic) bond motifs is 1. The van der Waals surface area contributed by atoms with Crippen molar-refractivity contribution in [3.8, 4) is 5.75 Å². The van der Waals surface area contributed by atoms with E-state index in [1.807, 2.05) is 25.1 Å². The fraction of sp³-hybridized carbons (Fsp3) is 0.158. The van der Waals surface area contributed by atoms with E-state index in [2.05, 4.69) is 10.3 Å². The zero-order valence-electron chi connectivity index (χ0n) is 14.1. The molecule has 6 nitrogen and oxygen atoms in total. The van der Waals surface area contributed by atoms with E-state index in [0.717, 1.165) is 10.8 Å². The second-order valence-corrected chi connectivity index (χ2v) is 6.08. The zero-order chi connectivity index (χ0) is 18.7. The molecule has 3 rings (SSSR count). The maximum Gasteiger partial charge on any atom is 0.330 e. The van der Waals surface area contributed by atoms with Crippen molar-refractivity contribution in [1.82, 2.24) is 4.98 Å². The molecular formula is C19H18ClN3O3. The molecule has 0 aliphatic heterocycles. The number of nitrogens with two attached hydrogens (primary N) is 1. The van der Waals surface area contributed by atoms with E-state index in [4.69, 9.17) is 22.1 Å². The van der Waals surface area contributed by atoms with E-state index >= 15 is 0 Å². The van der Waals surface area contributed by atoms with Gasteiger partial charge in [0.15, 0.2) is 6.04 Å². The lowest BCUT2D eigenvalue weighted by atomic mass is 10.1. The average molecular weight is 372 g/mol. The Morgan fingerprint density at radius 3 is 2.85 bits per heavy atom. The number of hydrogen-bond donors (Lipinski definition) is 3. The molecule has 1 atom stereocenters. The number of anilines is 2. The Morgan fingerprint density at radius 1 is 1.31 bits per heavy atom. The van der Waals surface area contributed by atoms with E-state index in [1.54, 1.807) is 30.5 Å². The van der Waals surface area contributed by atoms with Crippen LogP contribution in [0, 0.1) is 0 Å². The molecule has 2 aromatic carbocycles. The Hall–Kier alpha value is -2.99. The summed E-state index contributed by atoms with van der Waals surface area (Å²) in [7, 11) is 0. The van der Waals surface area contributed by atoms with Crippen molar-refractivity contribution in [2.75, 3.05) is 17.7 Å². The number of carbonyl (C=O) groups is 1. The van der Waals surface area contributed by atoms with Gasteiger partial charge in [-0.15, -0.1) is 0 Å². The Bertz CT molecular complexity index is 962. The summed E-state index contributed by atoms with van der Waals surface area (Å²) in [5, 5.41) is 14.8. The molecule has 0 bridgehead atoms. The Morgan fingerprint density at radius 2 is 2.12 bits per heavy atom. The molecule has 0 radical (unpaired) electrons. The third-order valence-corrected chi connectivity index (χ3v) is 4.25. The molecule has 1 unspecified atom stereocenters. The molecule has 4 N–H and O–H groups in total. The van der Waals surface area contributed by atoms with Crippen molar-refractivity contribution in [2.45, 2.75) is 13.0 Å². The minimum atomic E-state index is -1.01. The van der Waals surface area contributed by atoms with Crippen molar-refractivity contribution >= 4 is 39.8 Å². The van der Waals surface area contributed by atoms with Gasteiger partial charge in [-0.2, -0.15) is 0 Å². The van der Waals surface area contributed by atoms with E-state index in [-0.39, 0.29) is 0 Å². The number of carboxylic acid groups (broad SMARTS) is 1. The van der Waals surface area contributed by atoms with E-state index in [0.29, 0.717) is 34.4 Å². The fourth-order valence-electron chi connectivity index (χ4n) is 2.71. The number of nitrogens with one attached hydrogen (secondary N) is 1. The van der Waals surface area contributed by atoms with Gasteiger partial charge in [-0.25, -0.2) is 9.78 Å². The van der Waals surface area contributed by atoms with E-state index < -0.39 is 12.0 Å². The van der Waals surface area contributed by atoms with Gasteiger partial charge in [0, 0.05) is 17.3 Å². The van der Waals surface area contributed by atoms with Gasteiger partial charge < -0.3 is 20.9 Å². The predicted molar refractivity (Wildman–Crippen MR) is 103 cm³/mol. The summed E-state index contributed by atoms with van der Waals surface area (Å²) in [5.41, 5.74) is 7.05. The quantitative estimate of drug-likeness (QED) is 0.603. The number of halogens is 1. The molecule has 0 fully saturated rings. The maximum absolute atomic E-state index is 11.8. The van der Waals surface area contributed by atoms with E-state index in [9.17, 15) is 9.90 Å². The number of ether oxygens (including phenoxy) is 1. The maximum atomic E-state index is 11.8. The molecule has 0 amide bonds. The van der Waals surface area contributed by atoms with Crippen LogP contribution in [0.15, 0.2) is 48.7 Å². The first kappa shape index (κ1) is 17.8. The van der Waals surface area contributed by atoms with Crippen LogP contribution in [0.3, 0.4) is 0 Å². The fourth-order valence-corrected chi connectivity index (χ4v) is 2.88. The zero-order valence-corrected chi connectivity index (χ0v) is 14.8. The molecule has 0 saturated heterocycles. The number of carboxylic acids is 1. The molecular weight excluding hydrogens is 354 g/mol. The Kier molecular flexibility index (Phi) is 5.14. The highest BCUT2D eigenvalue weighted by molar-refractivity contribution is 6.32. The number of hydrogen-bond acceptors (Lipinski definition) is 5. The summed E-state index contributed by atoms with van der Waals surface area (Å²) in [6.45, 7) is 2.28. The van der Waals surface area contributed by atoms with Crippen LogP contribution in [0.1, 0.15) is 18.5 Å². The van der Waals surface area contributed by atoms with Gasteiger partial charge in [-0.3, -0.25) is 0 Å². The molecule has 0 spiro atoms.